The van der Waals surface area contributed by atoms with Gasteiger partial charge in [0.2, 0.25) is 0 Å². The lowest BCUT2D eigenvalue weighted by molar-refractivity contribution is -0.0518. The zero-order chi connectivity index (χ0) is 18.7. The Morgan fingerprint density at radius 2 is 2.16 bits per heavy atom. The number of rotatable bonds is 4. The largest absolute Gasteiger partial charge is 0.453 e. The molecule has 25 heavy (non-hydrogen) atoms. The fourth-order valence-electron chi connectivity index (χ4n) is 2.25. The molecular weight excluding hydrogens is 358 g/mol. The molecule has 1 aliphatic heterocycles. The Balaban J connectivity index is 2.32. The molecular formula is C12H17N5O7S. The molecule has 0 unspecified atom stereocenters. The predicted octanol–water partition coefficient (Wildman–Crippen LogP) is -2.35. The highest BCUT2D eigenvalue weighted by Gasteiger charge is 2.44. The second kappa shape index (κ2) is 7.71. The molecule has 1 saturated heterocycles. The van der Waals surface area contributed by atoms with E-state index in [1.807, 2.05) is 0 Å². The SMILES string of the molecule is COC(=O)NC(=S)Nc1c(C(N)=O)ncn1[C@@H]1O[C@H](CO)[C@@H](O)[C@H]1O. The van der Waals surface area contributed by atoms with Gasteiger partial charge in [-0.05, 0) is 12.2 Å². The van der Waals surface area contributed by atoms with E-state index in [2.05, 4.69) is 20.4 Å². The molecule has 13 heteroatoms. The average Bonchev–Trinajstić information content (AvgIpc) is 3.09. The van der Waals surface area contributed by atoms with Crippen LogP contribution in [0.15, 0.2) is 6.33 Å². The molecule has 0 aromatic carbocycles. The van der Waals surface area contributed by atoms with E-state index < -0.39 is 43.1 Å². The van der Waals surface area contributed by atoms with Gasteiger partial charge in [0.15, 0.2) is 17.0 Å². The third-order valence-corrected chi connectivity index (χ3v) is 3.66. The Bertz CT molecular complexity index is 681. The van der Waals surface area contributed by atoms with E-state index >= 15 is 0 Å². The van der Waals surface area contributed by atoms with Crippen LogP contribution in [0.4, 0.5) is 10.6 Å². The van der Waals surface area contributed by atoms with Gasteiger partial charge >= 0.3 is 6.09 Å². The minimum atomic E-state index is -1.42. The maximum Gasteiger partial charge on any atom is 0.413 e. The molecule has 4 atom stereocenters. The normalized spacial score (nSPS) is 25.4. The van der Waals surface area contributed by atoms with Gasteiger partial charge in [-0.2, -0.15) is 0 Å². The number of carbonyl (C=O) groups excluding carboxylic acids is 2. The number of aliphatic hydroxyl groups excluding tert-OH is 3. The summed E-state index contributed by atoms with van der Waals surface area (Å²) in [7, 11) is 1.14. The minimum Gasteiger partial charge on any atom is -0.453 e. The number of hydrogen-bond acceptors (Lipinski definition) is 9. The van der Waals surface area contributed by atoms with Crippen LogP contribution in [-0.4, -0.2) is 74.0 Å². The van der Waals surface area contributed by atoms with E-state index in [0.717, 1.165) is 18.0 Å². The summed E-state index contributed by atoms with van der Waals surface area (Å²) in [6, 6.07) is 0. The molecule has 2 heterocycles. The first-order valence-electron chi connectivity index (χ1n) is 6.95. The number of nitrogens with one attached hydrogen (secondary N) is 2. The smallest absolute Gasteiger partial charge is 0.413 e. The number of primary amides is 1. The van der Waals surface area contributed by atoms with E-state index in [0.29, 0.717) is 0 Å². The van der Waals surface area contributed by atoms with Gasteiger partial charge in [0.05, 0.1) is 20.0 Å². The monoisotopic (exact) mass is 375 g/mol. The van der Waals surface area contributed by atoms with Crippen molar-refractivity contribution in [1.82, 2.24) is 14.9 Å². The first-order valence-corrected chi connectivity index (χ1v) is 7.36. The highest BCUT2D eigenvalue weighted by atomic mass is 32.1. The van der Waals surface area contributed by atoms with Crippen LogP contribution in [0.25, 0.3) is 0 Å². The van der Waals surface area contributed by atoms with Crippen LogP contribution in [0.1, 0.15) is 16.7 Å². The van der Waals surface area contributed by atoms with E-state index in [1.165, 1.54) is 0 Å². The van der Waals surface area contributed by atoms with Crippen molar-refractivity contribution >= 4 is 35.1 Å². The predicted molar refractivity (Wildman–Crippen MR) is 85.5 cm³/mol. The van der Waals surface area contributed by atoms with Crippen molar-refractivity contribution in [1.29, 1.82) is 0 Å². The van der Waals surface area contributed by atoms with E-state index in [4.69, 9.17) is 27.8 Å². The summed E-state index contributed by atoms with van der Waals surface area (Å²) < 4.78 is 10.9. The summed E-state index contributed by atoms with van der Waals surface area (Å²) in [5, 5.41) is 33.6. The lowest BCUT2D eigenvalue weighted by atomic mass is 10.1. The molecule has 0 bridgehead atoms. The fraction of sp³-hybridized carbons (Fsp3) is 0.500. The van der Waals surface area contributed by atoms with Gasteiger partial charge in [0.25, 0.3) is 5.91 Å². The van der Waals surface area contributed by atoms with Gasteiger partial charge in [-0.3, -0.25) is 14.7 Å². The number of alkyl carbamates (subject to hydrolysis) is 1. The van der Waals surface area contributed by atoms with Gasteiger partial charge in [0.1, 0.15) is 24.1 Å². The molecule has 0 aliphatic carbocycles. The molecule has 0 spiro atoms. The number of methoxy groups -OCH3 is 1. The summed E-state index contributed by atoms with van der Waals surface area (Å²) in [5.41, 5.74) is 5.00. The van der Waals surface area contributed by atoms with Crippen molar-refractivity contribution in [2.75, 3.05) is 19.0 Å². The maximum absolute atomic E-state index is 11.5. The minimum absolute atomic E-state index is 0.0799. The molecule has 1 aromatic heterocycles. The molecule has 1 fully saturated rings. The number of aliphatic hydroxyl groups is 3. The Hall–Kier alpha value is -2.32. The molecule has 0 saturated carbocycles. The number of thiocarbonyl (C=S) groups is 1. The van der Waals surface area contributed by atoms with Gasteiger partial charge in [-0.1, -0.05) is 0 Å². The van der Waals surface area contributed by atoms with Gasteiger partial charge < -0.3 is 35.8 Å². The number of ether oxygens (including phenoxy) is 2. The third-order valence-electron chi connectivity index (χ3n) is 3.45. The van der Waals surface area contributed by atoms with Gasteiger partial charge in [-0.25, -0.2) is 9.78 Å². The lowest BCUT2D eigenvalue weighted by Crippen LogP contribution is -2.36. The summed E-state index contributed by atoms with van der Waals surface area (Å²) in [6.45, 7) is -0.531. The van der Waals surface area contributed by atoms with Crippen LogP contribution >= 0.6 is 12.2 Å². The zero-order valence-corrected chi connectivity index (χ0v) is 13.8. The number of nitrogens with zero attached hydrogens (tertiary/aromatic N) is 2. The van der Waals surface area contributed by atoms with Crippen LogP contribution in [-0.2, 0) is 9.47 Å². The van der Waals surface area contributed by atoms with Crippen molar-refractivity contribution < 1.29 is 34.4 Å². The fourth-order valence-corrected chi connectivity index (χ4v) is 2.43. The van der Waals surface area contributed by atoms with Gasteiger partial charge in [0, 0.05) is 0 Å². The molecule has 138 valence electrons. The number of imidazole rings is 1. The van der Waals surface area contributed by atoms with Crippen molar-refractivity contribution in [2.24, 2.45) is 5.73 Å². The Morgan fingerprint density at radius 1 is 1.48 bits per heavy atom. The molecule has 1 aromatic rings. The topological polar surface area (TPSA) is 181 Å². The van der Waals surface area contributed by atoms with E-state index in [9.17, 15) is 19.8 Å². The van der Waals surface area contributed by atoms with Crippen molar-refractivity contribution in [2.45, 2.75) is 24.5 Å². The highest BCUT2D eigenvalue weighted by Crippen LogP contribution is 2.32. The van der Waals surface area contributed by atoms with Crippen LogP contribution in [0.5, 0.6) is 0 Å². The second-order valence-electron chi connectivity index (χ2n) is 5.01. The van der Waals surface area contributed by atoms with Crippen molar-refractivity contribution in [3.8, 4) is 0 Å². The number of amides is 2. The van der Waals surface area contributed by atoms with Crippen LogP contribution in [0.2, 0.25) is 0 Å². The summed E-state index contributed by atoms with van der Waals surface area (Å²) in [5.74, 6) is -0.988. The van der Waals surface area contributed by atoms with Crippen molar-refractivity contribution in [3.05, 3.63) is 12.0 Å². The molecule has 12 nitrogen and oxygen atoms in total. The Kier molecular flexibility index (Phi) is 5.86. The lowest BCUT2D eigenvalue weighted by Gasteiger charge is -2.20. The summed E-state index contributed by atoms with van der Waals surface area (Å²) in [4.78, 5) is 26.5. The van der Waals surface area contributed by atoms with E-state index in [1.54, 1.807) is 0 Å². The number of hydrogen-bond donors (Lipinski definition) is 6. The number of nitrogens with two attached hydrogens (primary N) is 1. The molecule has 2 amide bonds. The first-order chi connectivity index (χ1) is 11.8. The van der Waals surface area contributed by atoms with Crippen molar-refractivity contribution in [3.63, 3.8) is 0 Å². The third kappa shape index (κ3) is 3.85. The number of anilines is 1. The summed E-state index contributed by atoms with van der Waals surface area (Å²) in [6.07, 6.45) is -4.72. The average molecular weight is 375 g/mol. The first kappa shape index (κ1) is 19.0. The molecule has 2 rings (SSSR count). The molecule has 7 N–H and O–H groups in total. The number of carbonyl (C=O) groups is 2. The Labute approximate surface area is 146 Å². The second-order valence-corrected chi connectivity index (χ2v) is 5.42. The summed E-state index contributed by atoms with van der Waals surface area (Å²) >= 11 is 4.91. The quantitative estimate of drug-likeness (QED) is 0.312. The van der Waals surface area contributed by atoms with Crippen LogP contribution in [0.3, 0.4) is 0 Å². The molecule has 0 radical (unpaired) electrons. The highest BCUT2D eigenvalue weighted by molar-refractivity contribution is 7.80. The zero-order valence-electron chi connectivity index (χ0n) is 12.9. The van der Waals surface area contributed by atoms with E-state index in [-0.39, 0.29) is 16.6 Å². The Morgan fingerprint density at radius 3 is 2.68 bits per heavy atom. The van der Waals surface area contributed by atoms with Gasteiger partial charge in [-0.15, -0.1) is 0 Å². The standard InChI is InChI=1S/C12H17N5O7S/c1-23-12(22)16-11(25)15-9-5(8(13)21)14-3-17(9)10-7(20)6(19)4(2-18)24-10/h3-4,6-7,10,18-20H,2H2,1H3,(H2,13,21)(H2,15,16,22,25)/t4-,6-,7-,10-/m1/s1. The molecule has 1 aliphatic rings. The van der Waals surface area contributed by atoms with Crippen LogP contribution in [0, 0.1) is 0 Å². The number of aromatic nitrogens is 2. The maximum atomic E-state index is 11.5. The van der Waals surface area contributed by atoms with Crippen LogP contribution < -0.4 is 16.4 Å².